The molecule has 0 saturated carbocycles. The van der Waals surface area contributed by atoms with Crippen LogP contribution in [0.25, 0.3) is 5.57 Å². The Morgan fingerprint density at radius 1 is 0.960 bits per heavy atom. The molecule has 1 amide bonds. The molecule has 25 heavy (non-hydrogen) atoms. The minimum atomic E-state index is -0.0166. The lowest BCUT2D eigenvalue weighted by molar-refractivity contribution is -0.160. The maximum atomic E-state index is 12.3. The Morgan fingerprint density at radius 3 is 2.12 bits per heavy atom. The van der Waals surface area contributed by atoms with Gasteiger partial charge in [-0.2, -0.15) is 5.06 Å². The molecule has 2 aromatic carbocycles. The van der Waals surface area contributed by atoms with Crippen LogP contribution < -0.4 is 0 Å². The van der Waals surface area contributed by atoms with Gasteiger partial charge < -0.3 is 0 Å². The first-order valence-electron chi connectivity index (χ1n) is 8.40. The van der Waals surface area contributed by atoms with E-state index in [0.29, 0.717) is 6.42 Å². The molecule has 0 bridgehead atoms. The Bertz CT molecular complexity index is 851. The Kier molecular flexibility index (Phi) is 4.08. The second-order valence-corrected chi connectivity index (χ2v) is 6.11. The zero-order valence-electron chi connectivity index (χ0n) is 14.1. The molecule has 1 aliphatic carbocycles. The van der Waals surface area contributed by atoms with Crippen molar-refractivity contribution < 1.29 is 9.63 Å². The lowest BCUT2D eigenvalue weighted by Gasteiger charge is -2.24. The van der Waals surface area contributed by atoms with Gasteiger partial charge >= 0.3 is 0 Å². The number of hydrogen-bond acceptors (Lipinski definition) is 2. The first kappa shape index (κ1) is 15.6. The van der Waals surface area contributed by atoms with Gasteiger partial charge in [-0.25, -0.2) is 0 Å². The molecule has 0 spiro atoms. The van der Waals surface area contributed by atoms with Crippen molar-refractivity contribution in [3.8, 4) is 0 Å². The van der Waals surface area contributed by atoms with E-state index in [1.54, 1.807) is 7.11 Å². The molecule has 0 N–H and O–H groups in total. The molecule has 2 aromatic rings. The summed E-state index contributed by atoms with van der Waals surface area (Å²) in [5.41, 5.74) is 6.48. The van der Waals surface area contributed by atoms with E-state index in [4.69, 9.17) is 4.84 Å². The van der Waals surface area contributed by atoms with Gasteiger partial charge in [-0.05, 0) is 34.3 Å². The second kappa shape index (κ2) is 6.54. The van der Waals surface area contributed by atoms with E-state index in [0.717, 1.165) is 40.0 Å². The van der Waals surface area contributed by atoms with Crippen molar-refractivity contribution in [3.63, 3.8) is 0 Å². The molecule has 1 aliphatic heterocycles. The molecule has 0 saturated heterocycles. The Labute approximate surface area is 147 Å². The molecule has 3 nitrogen and oxygen atoms in total. The van der Waals surface area contributed by atoms with Gasteiger partial charge in [0.1, 0.15) is 0 Å². The van der Waals surface area contributed by atoms with Crippen molar-refractivity contribution >= 4 is 11.5 Å². The standard InChI is InChI=1S/C22H19NO2/c1-25-23-20(24)15-18-13-8-14-19(22(18)23)21(16-9-4-2-5-10-16)17-11-6-3-7-12-17/h2-13H,14-15H2,1H3. The first-order chi connectivity index (χ1) is 12.3. The topological polar surface area (TPSA) is 29.5 Å². The van der Waals surface area contributed by atoms with Gasteiger partial charge in [-0.15, -0.1) is 0 Å². The number of benzene rings is 2. The maximum absolute atomic E-state index is 12.3. The van der Waals surface area contributed by atoms with Crippen molar-refractivity contribution in [1.82, 2.24) is 5.06 Å². The molecular formula is C22H19NO2. The number of carbonyl (C=O) groups is 1. The summed E-state index contributed by atoms with van der Waals surface area (Å²) >= 11 is 0. The molecule has 0 atom stereocenters. The predicted octanol–water partition coefficient (Wildman–Crippen LogP) is 4.50. The smallest absolute Gasteiger partial charge is 0.255 e. The van der Waals surface area contributed by atoms with Crippen molar-refractivity contribution in [3.05, 3.63) is 101 Å². The number of hydrogen-bond donors (Lipinski definition) is 0. The van der Waals surface area contributed by atoms with Crippen molar-refractivity contribution in [1.29, 1.82) is 0 Å². The molecule has 0 radical (unpaired) electrons. The van der Waals surface area contributed by atoms with Crippen LogP contribution in [0.5, 0.6) is 0 Å². The summed E-state index contributed by atoms with van der Waals surface area (Å²) in [7, 11) is 1.55. The van der Waals surface area contributed by atoms with Crippen molar-refractivity contribution in [2.24, 2.45) is 0 Å². The summed E-state index contributed by atoms with van der Waals surface area (Å²) in [6.07, 6.45) is 5.33. The third kappa shape index (κ3) is 2.73. The highest BCUT2D eigenvalue weighted by atomic mass is 16.7. The van der Waals surface area contributed by atoms with Gasteiger partial charge in [0, 0.05) is 0 Å². The number of rotatable bonds is 3. The fourth-order valence-corrected chi connectivity index (χ4v) is 3.58. The predicted molar refractivity (Wildman–Crippen MR) is 98.2 cm³/mol. The Balaban J connectivity index is 1.98. The normalized spacial score (nSPS) is 16.4. The fraction of sp³-hybridized carbons (Fsp3) is 0.136. The summed E-state index contributed by atoms with van der Waals surface area (Å²) in [4.78, 5) is 17.7. The van der Waals surface area contributed by atoms with Crippen LogP contribution in [0.4, 0.5) is 0 Å². The van der Waals surface area contributed by atoms with Crippen molar-refractivity contribution in [2.75, 3.05) is 7.11 Å². The largest absolute Gasteiger partial charge is 0.272 e. The van der Waals surface area contributed by atoms with Crippen LogP contribution in [0, 0.1) is 0 Å². The second-order valence-electron chi connectivity index (χ2n) is 6.11. The van der Waals surface area contributed by atoms with Crippen LogP contribution in [0.2, 0.25) is 0 Å². The van der Waals surface area contributed by atoms with Crippen LogP contribution in [0.15, 0.2) is 89.7 Å². The molecule has 0 unspecified atom stereocenters. The summed E-state index contributed by atoms with van der Waals surface area (Å²) in [6.45, 7) is 0. The average molecular weight is 329 g/mol. The maximum Gasteiger partial charge on any atom is 0.255 e. The summed E-state index contributed by atoms with van der Waals surface area (Å²) in [6, 6.07) is 20.7. The summed E-state index contributed by atoms with van der Waals surface area (Å²) in [5.74, 6) is -0.0166. The Morgan fingerprint density at radius 2 is 1.56 bits per heavy atom. The van der Waals surface area contributed by atoms with Crippen LogP contribution in [0.3, 0.4) is 0 Å². The van der Waals surface area contributed by atoms with Crippen LogP contribution in [-0.4, -0.2) is 18.1 Å². The highest BCUT2D eigenvalue weighted by Gasteiger charge is 2.34. The number of nitrogens with zero attached hydrogens (tertiary/aromatic N) is 1. The molecule has 4 rings (SSSR count). The third-order valence-corrected chi connectivity index (χ3v) is 4.61. The highest BCUT2D eigenvalue weighted by molar-refractivity contribution is 5.91. The fourth-order valence-electron chi connectivity index (χ4n) is 3.58. The first-order valence-corrected chi connectivity index (χ1v) is 8.40. The van der Waals surface area contributed by atoms with E-state index in [1.165, 1.54) is 5.06 Å². The van der Waals surface area contributed by atoms with E-state index >= 15 is 0 Å². The van der Waals surface area contributed by atoms with Gasteiger partial charge in [0.05, 0.1) is 19.2 Å². The average Bonchev–Trinajstić information content (AvgIpc) is 2.99. The van der Waals surface area contributed by atoms with Gasteiger partial charge in [0.15, 0.2) is 0 Å². The Hall–Kier alpha value is -2.91. The van der Waals surface area contributed by atoms with Crippen molar-refractivity contribution in [2.45, 2.75) is 12.8 Å². The number of carbonyl (C=O) groups excluding carboxylic acids is 1. The zero-order chi connectivity index (χ0) is 17.2. The quantitative estimate of drug-likeness (QED) is 0.830. The number of allylic oxidation sites excluding steroid dienone is 3. The SMILES string of the molecule is CON1C(=O)CC2=C1C(=C(c1ccccc1)c1ccccc1)CC=C2. The molecule has 3 heteroatoms. The molecule has 124 valence electrons. The van der Waals surface area contributed by atoms with E-state index in [1.807, 2.05) is 42.5 Å². The van der Waals surface area contributed by atoms with Crippen LogP contribution in [-0.2, 0) is 9.63 Å². The lowest BCUT2D eigenvalue weighted by atomic mass is 9.87. The van der Waals surface area contributed by atoms with E-state index in [-0.39, 0.29) is 5.91 Å². The monoisotopic (exact) mass is 329 g/mol. The molecule has 2 aliphatic rings. The minimum absolute atomic E-state index is 0.0166. The molecule has 1 heterocycles. The van der Waals surface area contributed by atoms with Crippen LogP contribution in [0.1, 0.15) is 24.0 Å². The molecule has 0 fully saturated rings. The minimum Gasteiger partial charge on any atom is -0.272 e. The summed E-state index contributed by atoms with van der Waals surface area (Å²) < 4.78 is 0. The van der Waals surface area contributed by atoms with Crippen LogP contribution >= 0.6 is 0 Å². The summed E-state index contributed by atoms with van der Waals surface area (Å²) in [5, 5.41) is 1.44. The molecule has 0 aromatic heterocycles. The number of amides is 1. The van der Waals surface area contributed by atoms with E-state index in [2.05, 4.69) is 30.3 Å². The van der Waals surface area contributed by atoms with Gasteiger partial charge in [-0.3, -0.25) is 9.63 Å². The van der Waals surface area contributed by atoms with Gasteiger partial charge in [-0.1, -0.05) is 72.8 Å². The van der Waals surface area contributed by atoms with Gasteiger partial charge in [0.25, 0.3) is 5.91 Å². The molecular weight excluding hydrogens is 310 g/mol. The zero-order valence-corrected chi connectivity index (χ0v) is 14.1. The lowest BCUT2D eigenvalue weighted by Crippen LogP contribution is -2.25. The van der Waals surface area contributed by atoms with E-state index in [9.17, 15) is 4.79 Å². The third-order valence-electron chi connectivity index (χ3n) is 4.61. The van der Waals surface area contributed by atoms with Gasteiger partial charge in [0.2, 0.25) is 0 Å². The highest BCUT2D eigenvalue weighted by Crippen LogP contribution is 2.41. The van der Waals surface area contributed by atoms with E-state index < -0.39 is 0 Å². The number of hydroxylamine groups is 2.